The van der Waals surface area contributed by atoms with E-state index in [1.54, 1.807) is 0 Å². The Labute approximate surface area is 362 Å². The maximum atomic E-state index is 10.7. The van der Waals surface area contributed by atoms with Crippen LogP contribution < -0.4 is 0 Å². The Morgan fingerprint density at radius 1 is 0.627 bits per heavy atom. The molecular formula is C49H58F3N2O3STa-. The molecule has 315 valence electrons. The summed E-state index contributed by atoms with van der Waals surface area (Å²) in [7, 11) is -5.84. The summed E-state index contributed by atoms with van der Waals surface area (Å²) >= 11 is 1.01. The minimum Gasteiger partial charge on any atom is -0.698 e. The predicted molar refractivity (Wildman–Crippen MR) is 235 cm³/mol. The van der Waals surface area contributed by atoms with E-state index in [0.29, 0.717) is 17.8 Å². The number of hydrogen-bond acceptors (Lipinski definition) is 3. The van der Waals surface area contributed by atoms with Gasteiger partial charge in [-0.2, -0.15) is 21.6 Å². The smallest absolute Gasteiger partial charge is 0.522 e. The molecule has 0 aliphatic heterocycles. The normalized spacial score (nSPS) is 17.9. The van der Waals surface area contributed by atoms with Gasteiger partial charge in [0.25, 0.3) is 0 Å². The van der Waals surface area contributed by atoms with Crippen molar-refractivity contribution >= 4 is 21.5 Å². The molecule has 2 unspecified atom stereocenters. The Hall–Kier alpha value is -3.86. The van der Waals surface area contributed by atoms with E-state index in [2.05, 4.69) is 156 Å². The maximum Gasteiger partial charge on any atom is 0.522 e. The first kappa shape index (κ1) is 47.8. The second-order valence-corrected chi connectivity index (χ2v) is 19.0. The standard InChI is InChI=1S/C24H32N.C24H25N.CHF3O3S.Ta/c2*1-14-10-16(3)22(17(4)11-14)20-8-7-9-21(24(20)25)23-18(5)12-15(2)13-19(23)6;2-1(3,4)8(5,6)7;/h7-11,15,18-19,23,25H,12-13H2,1-6H3;7-13H,1-6H3;(H,5,6,7);/q-1;;;. The van der Waals surface area contributed by atoms with Crippen molar-refractivity contribution in [2.24, 2.45) is 21.1 Å². The first-order chi connectivity index (χ1) is 27.4. The zero-order chi connectivity index (χ0) is 44.3. The third-order valence-electron chi connectivity index (χ3n) is 11.5. The van der Waals surface area contributed by atoms with Crippen molar-refractivity contribution in [2.45, 2.75) is 107 Å². The van der Waals surface area contributed by atoms with E-state index >= 15 is 0 Å². The van der Waals surface area contributed by atoms with Gasteiger partial charge in [-0.05, 0) is 79.5 Å². The van der Waals surface area contributed by atoms with Crippen LogP contribution in [-0.2, 0) is 31.0 Å². The minimum atomic E-state index is -5.84. The van der Waals surface area contributed by atoms with Gasteiger partial charge in [-0.25, -0.2) is 0 Å². The van der Waals surface area contributed by atoms with Gasteiger partial charge in [0.2, 0.25) is 0 Å². The number of alkyl halides is 3. The molecule has 0 radical (unpaired) electrons. The molecule has 2 atom stereocenters. The zero-order valence-electron chi connectivity index (χ0n) is 36.4. The second kappa shape index (κ2) is 19.2. The topological polar surface area (TPSA) is 90.5 Å². The van der Waals surface area contributed by atoms with Gasteiger partial charge in [-0.1, -0.05) is 62.2 Å². The maximum absolute atomic E-state index is 10.7. The quantitative estimate of drug-likeness (QED) is 0.140. The molecule has 0 saturated heterocycles. The van der Waals surface area contributed by atoms with Gasteiger partial charge in [0.1, 0.15) is 0 Å². The van der Waals surface area contributed by atoms with Crippen LogP contribution in [0, 0.1) is 80.1 Å². The molecule has 1 saturated carbocycles. The molecule has 5 nitrogen and oxygen atoms in total. The number of halogens is 3. The minimum absolute atomic E-state index is 0.509. The molecule has 0 spiro atoms. The summed E-state index contributed by atoms with van der Waals surface area (Å²) < 4.78 is 62.4. The van der Waals surface area contributed by atoms with Gasteiger partial charge >= 0.3 is 185 Å². The van der Waals surface area contributed by atoms with Crippen LogP contribution in [0.4, 0.5) is 24.5 Å². The average Bonchev–Trinajstić information content (AvgIpc) is 3.08. The van der Waals surface area contributed by atoms with Crippen LogP contribution in [0.2, 0.25) is 0 Å². The molecule has 59 heavy (non-hydrogen) atoms. The largest absolute Gasteiger partial charge is 0.698 e. The van der Waals surface area contributed by atoms with Crippen LogP contribution >= 0.6 is 0 Å². The fourth-order valence-electron chi connectivity index (χ4n) is 9.76. The molecule has 0 heterocycles. The SMILES string of the molecule is Cc1cc(C)c(-c2cccc(-c3c(C)cc(C)cc3C)c2[N]=[Ta])c(C)c1.Cc1cc(C)c(-c2cccc(C3C(C)CC(C)CC3C)c2[NH-])c(C)c1.O=S(=O)(O)C(F)(F)F. The number of benzene rings is 5. The first-order valence-corrected chi connectivity index (χ1v) is 22.9. The van der Waals surface area contributed by atoms with Crippen molar-refractivity contribution in [1.29, 1.82) is 0 Å². The Bertz CT molecular complexity index is 2300. The molecule has 6 rings (SSSR count). The Morgan fingerprint density at radius 2 is 0.932 bits per heavy atom. The van der Waals surface area contributed by atoms with Crippen molar-refractivity contribution in [1.82, 2.24) is 0 Å². The summed E-state index contributed by atoms with van der Waals surface area (Å²) in [5, 5.41) is 0. The van der Waals surface area contributed by atoms with Crippen LogP contribution in [0.15, 0.2) is 76.1 Å². The number of aryl methyl sites for hydroxylation is 9. The third kappa shape index (κ3) is 11.1. The monoisotopic (exact) mass is 992 g/mol. The van der Waals surface area contributed by atoms with E-state index in [0.717, 1.165) is 43.7 Å². The van der Waals surface area contributed by atoms with Crippen molar-refractivity contribution in [3.63, 3.8) is 0 Å². The number of nitrogens with one attached hydrogen (secondary N) is 1. The first-order valence-electron chi connectivity index (χ1n) is 20.0. The third-order valence-corrected chi connectivity index (χ3v) is 12.8. The van der Waals surface area contributed by atoms with Gasteiger partial charge in [0.05, 0.1) is 0 Å². The Kier molecular flexibility index (Phi) is 15.6. The number of nitrogens with zero attached hydrogens (tertiary/aromatic N) is 1. The molecule has 0 bridgehead atoms. The molecule has 5 aromatic rings. The van der Waals surface area contributed by atoms with Gasteiger partial charge in [0.15, 0.2) is 0 Å². The predicted octanol–water partition coefficient (Wildman–Crippen LogP) is 15.4. The fourth-order valence-corrected chi connectivity index (χ4v) is 10.5. The summed E-state index contributed by atoms with van der Waals surface area (Å²) in [5.74, 6) is 2.62. The molecule has 5 aromatic carbocycles. The van der Waals surface area contributed by atoms with Crippen molar-refractivity contribution < 1.29 is 47.0 Å². The van der Waals surface area contributed by atoms with E-state index in [-0.39, 0.29) is 0 Å². The van der Waals surface area contributed by atoms with Crippen LogP contribution in [0.3, 0.4) is 0 Å². The molecule has 0 amide bonds. The number of hydrogen-bond donors (Lipinski definition) is 1. The molecular weight excluding hydrogens is 935 g/mol. The average molecular weight is 993 g/mol. The molecule has 1 fully saturated rings. The Balaban J connectivity index is 0.000000221. The van der Waals surface area contributed by atoms with Crippen molar-refractivity contribution in [2.75, 3.05) is 0 Å². The summed E-state index contributed by atoms with van der Waals surface area (Å²) in [5.41, 5.74) is 25.9. The summed E-state index contributed by atoms with van der Waals surface area (Å²) in [6.07, 6.45) is 2.56. The van der Waals surface area contributed by atoms with Gasteiger partial charge in [-0.3, -0.25) is 4.55 Å². The van der Waals surface area contributed by atoms with Crippen LogP contribution in [0.1, 0.15) is 95.2 Å². The molecule has 10 heteroatoms. The Morgan fingerprint density at radius 3 is 1.25 bits per heavy atom. The van der Waals surface area contributed by atoms with Crippen molar-refractivity contribution in [3.8, 4) is 33.4 Å². The fraction of sp³-hybridized carbons (Fsp3) is 0.388. The summed E-state index contributed by atoms with van der Waals surface area (Å²) in [6.45, 7) is 26.8. The van der Waals surface area contributed by atoms with E-state index in [4.69, 9.17) is 22.0 Å². The van der Waals surface area contributed by atoms with Crippen LogP contribution in [-0.4, -0.2) is 18.5 Å². The van der Waals surface area contributed by atoms with Gasteiger partial charge in [-0.15, -0.1) is 5.69 Å². The van der Waals surface area contributed by atoms with Crippen LogP contribution in [0.5, 0.6) is 0 Å². The molecule has 1 aliphatic rings. The van der Waals surface area contributed by atoms with Crippen LogP contribution in [0.25, 0.3) is 39.1 Å². The molecule has 0 aromatic heterocycles. The van der Waals surface area contributed by atoms with E-state index in [1.807, 2.05) is 0 Å². The second-order valence-electron chi connectivity index (χ2n) is 16.9. The van der Waals surface area contributed by atoms with E-state index in [9.17, 15) is 13.2 Å². The summed E-state index contributed by atoms with van der Waals surface area (Å²) in [4.78, 5) is 0. The number of rotatable bonds is 5. The van der Waals surface area contributed by atoms with Gasteiger partial charge < -0.3 is 5.73 Å². The van der Waals surface area contributed by atoms with Gasteiger partial charge in [0, 0.05) is 0 Å². The van der Waals surface area contributed by atoms with E-state index < -0.39 is 15.6 Å². The molecule has 1 aliphatic carbocycles. The van der Waals surface area contributed by atoms with Crippen molar-refractivity contribution in [3.05, 3.63) is 134 Å². The zero-order valence-corrected chi connectivity index (χ0v) is 40.4. The molecule has 2 N–H and O–H groups in total. The van der Waals surface area contributed by atoms with E-state index in [1.165, 1.54) is 96.3 Å². The summed E-state index contributed by atoms with van der Waals surface area (Å²) in [6, 6.07) is 26.7.